The third-order valence-electron chi connectivity index (χ3n) is 7.18. The van der Waals surface area contributed by atoms with Gasteiger partial charge in [0.2, 0.25) is 0 Å². The highest BCUT2D eigenvalue weighted by Crippen LogP contribution is 2.38. The minimum Gasteiger partial charge on any atom is -0.496 e. The summed E-state index contributed by atoms with van der Waals surface area (Å²) in [7, 11) is 1.74. The largest absolute Gasteiger partial charge is 0.496 e. The van der Waals surface area contributed by atoms with Crippen LogP contribution in [-0.2, 0) is 13.0 Å². The van der Waals surface area contributed by atoms with Gasteiger partial charge in [0, 0.05) is 25.1 Å². The van der Waals surface area contributed by atoms with Crippen LogP contribution in [0.5, 0.6) is 5.75 Å². The second kappa shape index (κ2) is 9.91. The molecule has 4 nitrogen and oxygen atoms in total. The molecule has 3 atom stereocenters. The van der Waals surface area contributed by atoms with Gasteiger partial charge in [0.15, 0.2) is 0 Å². The molecule has 0 saturated carbocycles. The van der Waals surface area contributed by atoms with E-state index < -0.39 is 0 Å². The number of nitrogens with zero attached hydrogens (tertiary/aromatic N) is 1. The molecule has 2 aromatic carbocycles. The molecular formula is C28H37N3O. The summed E-state index contributed by atoms with van der Waals surface area (Å²) in [5.41, 5.74) is 6.21. The first-order valence-electron chi connectivity index (χ1n) is 11.9. The molecule has 4 heteroatoms. The molecule has 0 aliphatic heterocycles. The average Bonchev–Trinajstić information content (AvgIpc) is 3.19. The summed E-state index contributed by atoms with van der Waals surface area (Å²) in [5.74, 6) is 4.49. The van der Waals surface area contributed by atoms with Crippen LogP contribution in [0.25, 0.3) is 11.0 Å². The van der Waals surface area contributed by atoms with Crippen molar-refractivity contribution in [1.29, 1.82) is 0 Å². The number of fused-ring (bicyclic) bond motifs is 1. The topological polar surface area (TPSA) is 49.9 Å². The lowest BCUT2D eigenvalue weighted by molar-refractivity contribution is 0.221. The number of aromatic amines is 1. The Bertz CT molecular complexity index is 1080. The Balaban J connectivity index is 1.44. The van der Waals surface area contributed by atoms with Gasteiger partial charge < -0.3 is 15.0 Å². The fourth-order valence-electron chi connectivity index (χ4n) is 5.29. The van der Waals surface area contributed by atoms with Crippen molar-refractivity contribution < 1.29 is 4.74 Å². The van der Waals surface area contributed by atoms with E-state index in [1.807, 2.05) is 12.1 Å². The van der Waals surface area contributed by atoms with E-state index in [4.69, 9.17) is 9.72 Å². The van der Waals surface area contributed by atoms with Gasteiger partial charge in [0.1, 0.15) is 11.6 Å². The Labute approximate surface area is 192 Å². The molecule has 32 heavy (non-hydrogen) atoms. The van der Waals surface area contributed by atoms with E-state index >= 15 is 0 Å². The number of aryl methyl sites for hydroxylation is 1. The Morgan fingerprint density at radius 3 is 2.69 bits per heavy atom. The van der Waals surface area contributed by atoms with E-state index in [0.29, 0.717) is 23.7 Å². The number of methoxy groups -OCH3 is 1. The van der Waals surface area contributed by atoms with Gasteiger partial charge in [0.25, 0.3) is 0 Å². The zero-order chi connectivity index (χ0) is 22.7. The maximum atomic E-state index is 5.50. The number of hydrogen-bond donors (Lipinski definition) is 2. The van der Waals surface area contributed by atoms with Crippen LogP contribution in [0.3, 0.4) is 0 Å². The van der Waals surface area contributed by atoms with Crippen LogP contribution >= 0.6 is 0 Å². The maximum Gasteiger partial charge on any atom is 0.123 e. The van der Waals surface area contributed by atoms with Crippen molar-refractivity contribution in [3.05, 3.63) is 71.1 Å². The van der Waals surface area contributed by atoms with E-state index in [1.165, 1.54) is 23.1 Å². The lowest BCUT2D eigenvalue weighted by Crippen LogP contribution is -2.34. The van der Waals surface area contributed by atoms with E-state index in [-0.39, 0.29) is 0 Å². The molecule has 1 aromatic heterocycles. The molecule has 1 aliphatic rings. The maximum absolute atomic E-state index is 5.50. The van der Waals surface area contributed by atoms with Gasteiger partial charge in [-0.1, -0.05) is 55.8 Å². The molecule has 0 radical (unpaired) electrons. The number of benzene rings is 2. The highest BCUT2D eigenvalue weighted by Gasteiger charge is 2.32. The predicted molar refractivity (Wildman–Crippen MR) is 133 cm³/mol. The average molecular weight is 432 g/mol. The Morgan fingerprint density at radius 1 is 1.12 bits per heavy atom. The SMILES string of the molecule is COc1ccccc1CNCC1C=C(C)C(Cc2nc3c(C)cccc3[nH]2)CC1C(C)C. The minimum absolute atomic E-state index is 0.550. The lowest BCUT2D eigenvalue weighted by Gasteiger charge is -2.37. The third kappa shape index (κ3) is 4.91. The highest BCUT2D eigenvalue weighted by molar-refractivity contribution is 5.78. The zero-order valence-electron chi connectivity index (χ0n) is 20.1. The smallest absolute Gasteiger partial charge is 0.123 e. The molecule has 2 N–H and O–H groups in total. The van der Waals surface area contributed by atoms with Crippen molar-refractivity contribution in [1.82, 2.24) is 15.3 Å². The number of H-pyrrole nitrogens is 1. The number of allylic oxidation sites excluding steroid dienone is 1. The Kier molecular flexibility index (Phi) is 7.00. The number of nitrogens with one attached hydrogen (secondary N) is 2. The number of imidazole rings is 1. The van der Waals surface area contributed by atoms with E-state index in [2.05, 4.69) is 74.4 Å². The second-order valence-electron chi connectivity index (χ2n) is 9.72. The van der Waals surface area contributed by atoms with Gasteiger partial charge in [-0.2, -0.15) is 0 Å². The summed E-state index contributed by atoms with van der Waals surface area (Å²) >= 11 is 0. The zero-order valence-corrected chi connectivity index (χ0v) is 20.1. The molecule has 0 saturated heterocycles. The van der Waals surface area contributed by atoms with Crippen LogP contribution in [0.15, 0.2) is 54.1 Å². The van der Waals surface area contributed by atoms with Gasteiger partial charge in [-0.15, -0.1) is 0 Å². The Hall–Kier alpha value is -2.59. The lowest BCUT2D eigenvalue weighted by atomic mass is 9.70. The number of rotatable bonds is 8. The van der Waals surface area contributed by atoms with E-state index in [1.54, 1.807) is 7.11 Å². The highest BCUT2D eigenvalue weighted by atomic mass is 16.5. The summed E-state index contributed by atoms with van der Waals surface area (Å²) in [6.07, 6.45) is 4.74. The van der Waals surface area contributed by atoms with Crippen LogP contribution in [0.1, 0.15) is 44.1 Å². The summed E-state index contributed by atoms with van der Waals surface area (Å²) in [5, 5.41) is 3.70. The van der Waals surface area contributed by atoms with Crippen molar-refractivity contribution in [3.63, 3.8) is 0 Å². The molecule has 0 fully saturated rings. The van der Waals surface area contributed by atoms with Crippen molar-refractivity contribution >= 4 is 11.0 Å². The normalized spacial score (nSPS) is 21.2. The molecular weight excluding hydrogens is 394 g/mol. The van der Waals surface area contributed by atoms with Crippen molar-refractivity contribution in [3.8, 4) is 5.75 Å². The molecule has 0 spiro atoms. The first-order chi connectivity index (χ1) is 15.5. The third-order valence-corrected chi connectivity index (χ3v) is 7.18. The first kappa shape index (κ1) is 22.6. The van der Waals surface area contributed by atoms with Crippen LogP contribution in [0.4, 0.5) is 0 Å². The van der Waals surface area contributed by atoms with E-state index in [0.717, 1.165) is 42.1 Å². The molecule has 3 unspecified atom stereocenters. The molecule has 4 rings (SSSR count). The van der Waals surface area contributed by atoms with Crippen molar-refractivity contribution in [2.24, 2.45) is 23.7 Å². The molecule has 0 bridgehead atoms. The number of para-hydroxylation sites is 2. The van der Waals surface area contributed by atoms with Crippen molar-refractivity contribution in [2.75, 3.05) is 13.7 Å². The second-order valence-corrected chi connectivity index (χ2v) is 9.72. The number of ether oxygens (including phenoxy) is 1. The molecule has 1 heterocycles. The summed E-state index contributed by atoms with van der Waals surface area (Å²) in [6.45, 7) is 11.0. The fraction of sp³-hybridized carbons (Fsp3) is 0.464. The van der Waals surface area contributed by atoms with E-state index in [9.17, 15) is 0 Å². The summed E-state index contributed by atoms with van der Waals surface area (Å²) < 4.78 is 5.50. The van der Waals surface area contributed by atoms with Crippen LogP contribution < -0.4 is 10.1 Å². The standard InChI is InChI=1S/C28H37N3O/c1-18(2)24-14-22(15-27-30-25-11-8-9-19(3)28(25)31-27)20(4)13-23(24)17-29-16-21-10-6-7-12-26(21)32-5/h6-13,18,22-24,29H,14-17H2,1-5H3,(H,30,31). The molecule has 170 valence electrons. The molecule has 1 aliphatic carbocycles. The predicted octanol–water partition coefficient (Wildman–Crippen LogP) is 6.07. The quantitative estimate of drug-likeness (QED) is 0.426. The van der Waals surface area contributed by atoms with Crippen LogP contribution in [0.2, 0.25) is 0 Å². The monoisotopic (exact) mass is 431 g/mol. The fourth-order valence-corrected chi connectivity index (χ4v) is 5.29. The van der Waals surface area contributed by atoms with Gasteiger partial charge in [0.05, 0.1) is 18.1 Å². The number of aromatic nitrogens is 2. The van der Waals surface area contributed by atoms with Crippen LogP contribution in [-0.4, -0.2) is 23.6 Å². The van der Waals surface area contributed by atoms with Gasteiger partial charge in [-0.05, 0) is 61.6 Å². The summed E-state index contributed by atoms with van der Waals surface area (Å²) in [4.78, 5) is 8.48. The molecule has 3 aromatic rings. The Morgan fingerprint density at radius 2 is 1.94 bits per heavy atom. The van der Waals surface area contributed by atoms with Crippen molar-refractivity contribution in [2.45, 2.75) is 47.1 Å². The molecule has 0 amide bonds. The van der Waals surface area contributed by atoms with Crippen LogP contribution in [0, 0.1) is 30.6 Å². The minimum atomic E-state index is 0.550. The van der Waals surface area contributed by atoms with Gasteiger partial charge in [-0.25, -0.2) is 4.98 Å². The first-order valence-corrected chi connectivity index (χ1v) is 11.9. The summed E-state index contributed by atoms with van der Waals surface area (Å²) in [6, 6.07) is 14.6. The van der Waals surface area contributed by atoms with Gasteiger partial charge in [-0.3, -0.25) is 0 Å². The number of hydrogen-bond acceptors (Lipinski definition) is 3. The van der Waals surface area contributed by atoms with Gasteiger partial charge >= 0.3 is 0 Å².